The van der Waals surface area contributed by atoms with Crippen molar-refractivity contribution in [3.63, 3.8) is 0 Å². The zero-order chi connectivity index (χ0) is 21.4. The van der Waals surface area contributed by atoms with Gasteiger partial charge in [-0.3, -0.25) is 9.59 Å². The molecule has 0 spiro atoms. The first-order chi connectivity index (χ1) is 13.8. The van der Waals surface area contributed by atoms with Gasteiger partial charge in [0, 0.05) is 13.1 Å². The molecule has 0 radical (unpaired) electrons. The van der Waals surface area contributed by atoms with E-state index in [0.717, 1.165) is 11.1 Å². The first-order valence-electron chi connectivity index (χ1n) is 9.78. The lowest BCUT2D eigenvalue weighted by Gasteiger charge is -2.29. The Labute approximate surface area is 171 Å². The highest BCUT2D eigenvalue weighted by molar-refractivity contribution is 5.87. The second-order valence-electron chi connectivity index (χ2n) is 7.54. The smallest absolute Gasteiger partial charge is 0.261 e. The number of halogens is 1. The third-order valence-electron chi connectivity index (χ3n) is 4.48. The zero-order valence-electron chi connectivity index (χ0n) is 17.4. The van der Waals surface area contributed by atoms with Crippen molar-refractivity contribution in [1.82, 2.24) is 10.2 Å². The van der Waals surface area contributed by atoms with Crippen LogP contribution in [0.5, 0.6) is 5.75 Å². The molecule has 0 aliphatic rings. The van der Waals surface area contributed by atoms with Crippen molar-refractivity contribution in [1.29, 1.82) is 0 Å². The summed E-state index contributed by atoms with van der Waals surface area (Å²) in [4.78, 5) is 26.9. The van der Waals surface area contributed by atoms with E-state index in [1.165, 1.54) is 17.0 Å². The summed E-state index contributed by atoms with van der Waals surface area (Å²) < 4.78 is 19.2. The van der Waals surface area contributed by atoms with Gasteiger partial charge >= 0.3 is 0 Å². The monoisotopic (exact) mass is 400 g/mol. The van der Waals surface area contributed by atoms with Crippen molar-refractivity contribution >= 4 is 11.8 Å². The molecule has 1 atom stereocenters. The summed E-state index contributed by atoms with van der Waals surface area (Å²) in [5.74, 6) is -0.842. The number of nitrogens with zero attached hydrogens (tertiary/aromatic N) is 1. The van der Waals surface area contributed by atoms with Gasteiger partial charge < -0.3 is 15.0 Å². The minimum Gasteiger partial charge on any atom is -0.481 e. The van der Waals surface area contributed by atoms with E-state index in [2.05, 4.69) is 5.32 Å². The molecule has 29 heavy (non-hydrogen) atoms. The Morgan fingerprint density at radius 1 is 1.10 bits per heavy atom. The van der Waals surface area contributed by atoms with E-state index < -0.39 is 11.9 Å². The van der Waals surface area contributed by atoms with Crippen molar-refractivity contribution in [2.45, 2.75) is 40.3 Å². The number of hydrogen-bond donors (Lipinski definition) is 1. The highest BCUT2D eigenvalue weighted by atomic mass is 19.1. The molecule has 2 aromatic rings. The van der Waals surface area contributed by atoms with Gasteiger partial charge in [0.05, 0.1) is 0 Å². The van der Waals surface area contributed by atoms with E-state index >= 15 is 0 Å². The molecule has 0 aliphatic heterocycles. The highest BCUT2D eigenvalue weighted by Gasteiger charge is 2.26. The van der Waals surface area contributed by atoms with Crippen LogP contribution >= 0.6 is 0 Å². The number of carbonyl (C=O) groups is 2. The second kappa shape index (κ2) is 10.6. The number of nitrogens with one attached hydrogen (secondary N) is 1. The molecule has 0 fully saturated rings. The topological polar surface area (TPSA) is 58.6 Å². The zero-order valence-corrected chi connectivity index (χ0v) is 17.4. The summed E-state index contributed by atoms with van der Waals surface area (Å²) in [5.41, 5.74) is 1.97. The van der Waals surface area contributed by atoms with Gasteiger partial charge in [-0.25, -0.2) is 4.39 Å². The highest BCUT2D eigenvalue weighted by Crippen LogP contribution is 2.17. The van der Waals surface area contributed by atoms with Crippen LogP contribution in [-0.4, -0.2) is 35.9 Å². The average Bonchev–Trinajstić information content (AvgIpc) is 2.69. The molecule has 0 bridgehead atoms. The lowest BCUT2D eigenvalue weighted by molar-refractivity contribution is -0.142. The van der Waals surface area contributed by atoms with Crippen LogP contribution in [0.15, 0.2) is 48.5 Å². The first kappa shape index (κ1) is 22.4. The fourth-order valence-electron chi connectivity index (χ4n) is 2.83. The van der Waals surface area contributed by atoms with E-state index in [9.17, 15) is 14.0 Å². The van der Waals surface area contributed by atoms with Gasteiger partial charge in [0.25, 0.3) is 5.91 Å². The van der Waals surface area contributed by atoms with Crippen molar-refractivity contribution in [2.75, 3.05) is 13.2 Å². The van der Waals surface area contributed by atoms with Crippen LogP contribution in [0.25, 0.3) is 0 Å². The molecule has 5 nitrogen and oxygen atoms in total. The average molecular weight is 400 g/mol. The molecule has 0 heterocycles. The molecular weight excluding hydrogens is 371 g/mol. The molecule has 0 aliphatic carbocycles. The van der Waals surface area contributed by atoms with Crippen LogP contribution in [-0.2, 0) is 16.1 Å². The van der Waals surface area contributed by atoms with E-state index in [1.807, 2.05) is 45.0 Å². The summed E-state index contributed by atoms with van der Waals surface area (Å²) in [6, 6.07) is 13.0. The van der Waals surface area contributed by atoms with Gasteiger partial charge in [0.1, 0.15) is 6.04 Å². The van der Waals surface area contributed by atoms with Gasteiger partial charge in [-0.1, -0.05) is 55.8 Å². The second-order valence-corrected chi connectivity index (χ2v) is 7.54. The number of hydrogen-bond acceptors (Lipinski definition) is 3. The largest absolute Gasteiger partial charge is 0.481 e. The Hall–Kier alpha value is -2.89. The van der Waals surface area contributed by atoms with Gasteiger partial charge in [-0.05, 0) is 37.5 Å². The molecular formula is C23H29FN2O3. The van der Waals surface area contributed by atoms with Crippen LogP contribution in [0.1, 0.15) is 31.9 Å². The molecule has 0 saturated carbocycles. The number of para-hydroxylation sites is 1. The molecule has 2 rings (SSSR count). The van der Waals surface area contributed by atoms with Crippen molar-refractivity contribution in [3.8, 4) is 5.75 Å². The van der Waals surface area contributed by atoms with Crippen molar-refractivity contribution in [2.24, 2.45) is 5.92 Å². The third-order valence-corrected chi connectivity index (χ3v) is 4.48. The quantitative estimate of drug-likeness (QED) is 0.698. The SMILES string of the molecule is Cc1cccc(CN(C(=O)COc2ccccc2F)C(C)C(=O)NCC(C)C)c1. The van der Waals surface area contributed by atoms with Gasteiger partial charge in [0.2, 0.25) is 5.91 Å². The minimum absolute atomic E-state index is 0.00766. The fourth-order valence-corrected chi connectivity index (χ4v) is 2.83. The van der Waals surface area contributed by atoms with Crippen molar-refractivity contribution in [3.05, 3.63) is 65.5 Å². The number of aryl methyl sites for hydroxylation is 1. The van der Waals surface area contributed by atoms with Crippen LogP contribution in [0.2, 0.25) is 0 Å². The summed E-state index contributed by atoms with van der Waals surface area (Å²) in [7, 11) is 0. The number of benzene rings is 2. The van der Waals surface area contributed by atoms with Crippen LogP contribution in [0, 0.1) is 18.7 Å². The predicted molar refractivity (Wildman–Crippen MR) is 111 cm³/mol. The molecule has 2 aromatic carbocycles. The predicted octanol–water partition coefficient (Wildman–Crippen LogP) is 3.70. The van der Waals surface area contributed by atoms with Gasteiger partial charge in [-0.15, -0.1) is 0 Å². The Balaban J connectivity index is 2.14. The Kier molecular flexibility index (Phi) is 8.19. The third kappa shape index (κ3) is 6.89. The van der Waals surface area contributed by atoms with E-state index in [0.29, 0.717) is 12.5 Å². The maximum Gasteiger partial charge on any atom is 0.261 e. The minimum atomic E-state index is -0.689. The normalized spacial score (nSPS) is 11.8. The molecule has 6 heteroatoms. The Morgan fingerprint density at radius 3 is 2.48 bits per heavy atom. The molecule has 1 N–H and O–H groups in total. The lowest BCUT2D eigenvalue weighted by Crippen LogP contribution is -2.49. The summed E-state index contributed by atoms with van der Waals surface area (Å²) in [5, 5.41) is 2.86. The van der Waals surface area contributed by atoms with Gasteiger partial charge in [-0.2, -0.15) is 0 Å². The van der Waals surface area contributed by atoms with Crippen LogP contribution < -0.4 is 10.1 Å². The number of amides is 2. The Bertz CT molecular complexity index is 838. The van der Waals surface area contributed by atoms with Gasteiger partial charge in [0.15, 0.2) is 18.2 Å². The van der Waals surface area contributed by atoms with Crippen molar-refractivity contribution < 1.29 is 18.7 Å². The van der Waals surface area contributed by atoms with E-state index in [4.69, 9.17) is 4.74 Å². The lowest BCUT2D eigenvalue weighted by atomic mass is 10.1. The Morgan fingerprint density at radius 2 is 1.83 bits per heavy atom. The molecule has 156 valence electrons. The summed E-state index contributed by atoms with van der Waals surface area (Å²) in [6.45, 7) is 8.10. The van der Waals surface area contributed by atoms with Crippen LogP contribution in [0.4, 0.5) is 4.39 Å². The van der Waals surface area contributed by atoms with E-state index in [1.54, 1.807) is 19.1 Å². The molecule has 0 saturated heterocycles. The standard InChI is InChI=1S/C23H29FN2O3/c1-16(2)13-25-23(28)18(4)26(14-19-9-7-8-17(3)12-19)22(27)15-29-21-11-6-5-10-20(21)24/h5-12,16,18H,13-15H2,1-4H3,(H,25,28). The maximum atomic E-state index is 13.8. The number of carbonyl (C=O) groups excluding carboxylic acids is 2. The summed E-state index contributed by atoms with van der Waals surface area (Å²) >= 11 is 0. The molecule has 1 unspecified atom stereocenters. The number of rotatable bonds is 9. The fraction of sp³-hybridized carbons (Fsp3) is 0.391. The number of ether oxygens (including phenoxy) is 1. The van der Waals surface area contributed by atoms with E-state index in [-0.39, 0.29) is 30.7 Å². The maximum absolute atomic E-state index is 13.8. The first-order valence-corrected chi connectivity index (χ1v) is 9.78. The molecule has 2 amide bonds. The van der Waals surface area contributed by atoms with Crippen LogP contribution in [0.3, 0.4) is 0 Å². The molecule has 0 aromatic heterocycles. The summed E-state index contributed by atoms with van der Waals surface area (Å²) in [6.07, 6.45) is 0.